The molecule has 3 aromatic rings. The zero-order valence-corrected chi connectivity index (χ0v) is 16.3. The van der Waals surface area contributed by atoms with Crippen LogP contribution in [0.15, 0.2) is 54.7 Å². The van der Waals surface area contributed by atoms with Crippen molar-refractivity contribution in [2.75, 3.05) is 7.11 Å². The first-order valence-electron chi connectivity index (χ1n) is 9.69. The van der Waals surface area contributed by atoms with Gasteiger partial charge in [-0.3, -0.25) is 9.48 Å². The summed E-state index contributed by atoms with van der Waals surface area (Å²) in [4.78, 5) is 12.7. The molecule has 144 valence electrons. The van der Waals surface area contributed by atoms with E-state index in [0.717, 1.165) is 41.7 Å². The quantitative estimate of drug-likeness (QED) is 0.732. The summed E-state index contributed by atoms with van der Waals surface area (Å²) >= 11 is 0. The van der Waals surface area contributed by atoms with Crippen LogP contribution in [-0.2, 0) is 13.0 Å². The predicted octanol–water partition coefficient (Wildman–Crippen LogP) is 4.06. The number of hydrogen-bond acceptors (Lipinski definition) is 3. The first-order valence-corrected chi connectivity index (χ1v) is 9.69. The molecule has 0 unspecified atom stereocenters. The molecule has 1 amide bonds. The van der Waals surface area contributed by atoms with E-state index in [1.54, 1.807) is 7.11 Å². The maximum atomic E-state index is 12.7. The molecule has 5 heteroatoms. The highest BCUT2D eigenvalue weighted by molar-refractivity contribution is 5.94. The van der Waals surface area contributed by atoms with E-state index in [9.17, 15) is 4.79 Å². The molecule has 4 rings (SSSR count). The Morgan fingerprint density at radius 2 is 2.11 bits per heavy atom. The Morgan fingerprint density at radius 3 is 2.93 bits per heavy atom. The number of nitrogens with one attached hydrogen (secondary N) is 1. The van der Waals surface area contributed by atoms with Gasteiger partial charge in [0.2, 0.25) is 0 Å². The maximum absolute atomic E-state index is 12.7. The topological polar surface area (TPSA) is 56.1 Å². The number of nitrogens with zero attached hydrogens (tertiary/aromatic N) is 2. The Morgan fingerprint density at radius 1 is 1.25 bits per heavy atom. The molecular weight excluding hydrogens is 350 g/mol. The van der Waals surface area contributed by atoms with Crippen molar-refractivity contribution in [1.82, 2.24) is 15.1 Å². The Hall–Kier alpha value is -3.08. The number of carbonyl (C=O) groups is 1. The van der Waals surface area contributed by atoms with Crippen molar-refractivity contribution in [1.29, 1.82) is 0 Å². The standard InChI is InChI=1S/C23H25N3O2/c1-16-7-5-9-17(13-16)23(27)25-20-10-6-11-21-19(20)14-24-26(21)15-18-8-3-4-12-22(18)28-2/h3-5,7-9,12-14,20H,6,10-11,15H2,1-2H3,(H,25,27)/t20-/m1/s1. The lowest BCUT2D eigenvalue weighted by Gasteiger charge is -2.24. The van der Waals surface area contributed by atoms with Crippen LogP contribution in [0.2, 0.25) is 0 Å². The molecule has 1 aliphatic carbocycles. The number of aryl methyl sites for hydroxylation is 1. The number of fused-ring (bicyclic) bond motifs is 1. The van der Waals surface area contributed by atoms with Crippen LogP contribution in [0.1, 0.15) is 51.6 Å². The number of carbonyl (C=O) groups excluding carboxylic acids is 1. The van der Waals surface area contributed by atoms with Gasteiger partial charge in [-0.05, 0) is 44.4 Å². The number of hydrogen-bond donors (Lipinski definition) is 1. The van der Waals surface area contributed by atoms with E-state index < -0.39 is 0 Å². The molecule has 0 bridgehead atoms. The van der Waals surface area contributed by atoms with Crippen molar-refractivity contribution in [3.8, 4) is 5.75 Å². The highest BCUT2D eigenvalue weighted by atomic mass is 16.5. The number of amides is 1. The van der Waals surface area contributed by atoms with Gasteiger partial charge in [-0.1, -0.05) is 35.9 Å². The van der Waals surface area contributed by atoms with E-state index in [2.05, 4.69) is 16.5 Å². The van der Waals surface area contributed by atoms with Crippen molar-refractivity contribution in [3.05, 3.63) is 82.7 Å². The molecule has 1 aliphatic rings. The summed E-state index contributed by atoms with van der Waals surface area (Å²) in [5, 5.41) is 7.82. The molecule has 1 atom stereocenters. The first kappa shape index (κ1) is 18.3. The molecule has 1 N–H and O–H groups in total. The molecular formula is C23H25N3O2. The van der Waals surface area contributed by atoms with E-state index in [1.165, 1.54) is 5.69 Å². The third-order valence-electron chi connectivity index (χ3n) is 5.36. The van der Waals surface area contributed by atoms with Crippen LogP contribution in [0.25, 0.3) is 0 Å². The molecule has 0 saturated heterocycles. The van der Waals surface area contributed by atoms with Crippen LogP contribution < -0.4 is 10.1 Å². The van der Waals surface area contributed by atoms with E-state index in [4.69, 9.17) is 4.74 Å². The van der Waals surface area contributed by atoms with Crippen LogP contribution in [0.4, 0.5) is 0 Å². The summed E-state index contributed by atoms with van der Waals surface area (Å²) in [6, 6.07) is 15.7. The number of ether oxygens (including phenoxy) is 1. The van der Waals surface area contributed by atoms with Gasteiger partial charge >= 0.3 is 0 Å². The van der Waals surface area contributed by atoms with Crippen LogP contribution in [0.3, 0.4) is 0 Å². The van der Waals surface area contributed by atoms with Crippen LogP contribution in [0.5, 0.6) is 5.75 Å². The summed E-state index contributed by atoms with van der Waals surface area (Å²) in [6.45, 7) is 2.66. The van der Waals surface area contributed by atoms with Crippen molar-refractivity contribution in [3.63, 3.8) is 0 Å². The number of benzene rings is 2. The molecule has 1 heterocycles. The fourth-order valence-corrected chi connectivity index (χ4v) is 3.93. The molecule has 0 spiro atoms. The third kappa shape index (κ3) is 3.65. The molecule has 0 radical (unpaired) electrons. The number of rotatable bonds is 5. The van der Waals surface area contributed by atoms with Gasteiger partial charge in [0.25, 0.3) is 5.91 Å². The van der Waals surface area contributed by atoms with E-state index in [0.29, 0.717) is 12.1 Å². The lowest BCUT2D eigenvalue weighted by Crippen LogP contribution is -2.31. The molecule has 0 fully saturated rings. The minimum absolute atomic E-state index is 0.00295. The summed E-state index contributed by atoms with van der Waals surface area (Å²) in [6.07, 6.45) is 4.85. The Balaban J connectivity index is 1.55. The first-order chi connectivity index (χ1) is 13.7. The Bertz CT molecular complexity index is 993. The SMILES string of the molecule is COc1ccccc1Cn1ncc2c1CCC[C@H]2NC(=O)c1cccc(C)c1. The smallest absolute Gasteiger partial charge is 0.251 e. The second-order valence-corrected chi connectivity index (χ2v) is 7.30. The van der Waals surface area contributed by atoms with Gasteiger partial charge in [0, 0.05) is 22.4 Å². The van der Waals surface area contributed by atoms with Crippen molar-refractivity contribution in [2.24, 2.45) is 0 Å². The van der Waals surface area contributed by atoms with Gasteiger partial charge in [0.05, 0.1) is 25.9 Å². The summed E-state index contributed by atoms with van der Waals surface area (Å²) in [5.74, 6) is 0.839. The van der Waals surface area contributed by atoms with Gasteiger partial charge < -0.3 is 10.1 Å². The zero-order valence-electron chi connectivity index (χ0n) is 16.3. The van der Waals surface area contributed by atoms with Gasteiger partial charge in [-0.2, -0.15) is 5.10 Å². The molecule has 2 aromatic carbocycles. The Labute approximate surface area is 165 Å². The number of para-hydroxylation sites is 1. The Kier molecular flexibility index (Phi) is 5.15. The summed E-state index contributed by atoms with van der Waals surface area (Å²) < 4.78 is 7.51. The summed E-state index contributed by atoms with van der Waals surface area (Å²) in [7, 11) is 1.69. The second-order valence-electron chi connectivity index (χ2n) is 7.30. The molecule has 1 aromatic heterocycles. The van der Waals surface area contributed by atoms with E-state index >= 15 is 0 Å². The lowest BCUT2D eigenvalue weighted by molar-refractivity contribution is 0.0932. The van der Waals surface area contributed by atoms with E-state index in [-0.39, 0.29) is 11.9 Å². The normalized spacial score (nSPS) is 15.7. The average molecular weight is 375 g/mol. The average Bonchev–Trinajstić information content (AvgIpc) is 3.12. The lowest BCUT2D eigenvalue weighted by atomic mass is 9.92. The number of aromatic nitrogens is 2. The van der Waals surface area contributed by atoms with Crippen LogP contribution in [-0.4, -0.2) is 22.8 Å². The fourth-order valence-electron chi connectivity index (χ4n) is 3.93. The molecule has 28 heavy (non-hydrogen) atoms. The molecule has 0 saturated carbocycles. The summed E-state index contributed by atoms with van der Waals surface area (Å²) in [5.41, 5.74) is 5.21. The van der Waals surface area contributed by atoms with E-state index in [1.807, 2.05) is 60.3 Å². The highest BCUT2D eigenvalue weighted by Crippen LogP contribution is 2.31. The zero-order chi connectivity index (χ0) is 19.5. The van der Waals surface area contributed by atoms with Crippen LogP contribution >= 0.6 is 0 Å². The predicted molar refractivity (Wildman–Crippen MR) is 109 cm³/mol. The second kappa shape index (κ2) is 7.89. The van der Waals surface area contributed by atoms with Gasteiger partial charge in [-0.15, -0.1) is 0 Å². The van der Waals surface area contributed by atoms with Gasteiger partial charge in [0.1, 0.15) is 5.75 Å². The van der Waals surface area contributed by atoms with Crippen molar-refractivity contribution < 1.29 is 9.53 Å². The minimum Gasteiger partial charge on any atom is -0.496 e. The monoisotopic (exact) mass is 375 g/mol. The van der Waals surface area contributed by atoms with Crippen molar-refractivity contribution >= 4 is 5.91 Å². The maximum Gasteiger partial charge on any atom is 0.251 e. The van der Waals surface area contributed by atoms with Crippen LogP contribution in [0, 0.1) is 6.92 Å². The van der Waals surface area contributed by atoms with Crippen molar-refractivity contribution in [2.45, 2.75) is 38.8 Å². The molecule has 5 nitrogen and oxygen atoms in total. The fraction of sp³-hybridized carbons (Fsp3) is 0.304. The number of methoxy groups -OCH3 is 1. The highest BCUT2D eigenvalue weighted by Gasteiger charge is 2.26. The van der Waals surface area contributed by atoms with Gasteiger partial charge in [0.15, 0.2) is 0 Å². The largest absolute Gasteiger partial charge is 0.496 e. The minimum atomic E-state index is -0.0287. The third-order valence-corrected chi connectivity index (χ3v) is 5.36. The molecule has 0 aliphatic heterocycles. The van der Waals surface area contributed by atoms with Gasteiger partial charge in [-0.25, -0.2) is 0 Å².